The average molecular weight is 281 g/mol. The molecule has 1 N–H and O–H groups in total. The maximum absolute atomic E-state index is 12.9. The van der Waals surface area contributed by atoms with Gasteiger partial charge in [-0.05, 0) is 31.9 Å². The summed E-state index contributed by atoms with van der Waals surface area (Å²) >= 11 is 0. The molecular weight excluding hydrogens is 261 g/mol. The minimum Gasteiger partial charge on any atom is -0.493 e. The predicted octanol–water partition coefficient (Wildman–Crippen LogP) is 2.65. The monoisotopic (exact) mass is 281 g/mol. The number of hydrogen-bond donors (Lipinski definition) is 1. The fraction of sp³-hybridized carbons (Fsp3) is 0.400. The molecule has 0 amide bonds. The number of hydrogen-bond acceptors (Lipinski definition) is 4. The van der Waals surface area contributed by atoms with Gasteiger partial charge < -0.3 is 14.8 Å². The van der Waals surface area contributed by atoms with Crippen LogP contribution in [0.25, 0.3) is 0 Å². The van der Waals surface area contributed by atoms with Crippen LogP contribution in [0.2, 0.25) is 0 Å². The third-order valence-electron chi connectivity index (χ3n) is 2.58. The number of halogens is 1. The number of benzene rings is 1. The molecule has 110 valence electrons. The van der Waals surface area contributed by atoms with Gasteiger partial charge in [0.1, 0.15) is 11.6 Å². The van der Waals surface area contributed by atoms with Gasteiger partial charge in [0.25, 0.3) is 0 Å². The third kappa shape index (κ3) is 6.78. The molecular formula is C15H20FNO3. The number of rotatable bonds is 8. The first kappa shape index (κ1) is 16.0. The van der Waals surface area contributed by atoms with Gasteiger partial charge in [0.15, 0.2) is 0 Å². The van der Waals surface area contributed by atoms with Crippen LogP contribution in [-0.4, -0.2) is 26.2 Å². The molecule has 0 aliphatic carbocycles. The summed E-state index contributed by atoms with van der Waals surface area (Å²) in [5.41, 5.74) is 0.767. The molecule has 0 unspecified atom stereocenters. The predicted molar refractivity (Wildman–Crippen MR) is 74.9 cm³/mol. The molecule has 4 nitrogen and oxygen atoms in total. The molecule has 0 heterocycles. The molecule has 0 radical (unpaired) electrons. The van der Waals surface area contributed by atoms with Crippen LogP contribution in [0.3, 0.4) is 0 Å². The van der Waals surface area contributed by atoms with Gasteiger partial charge in [-0.3, -0.25) is 0 Å². The molecule has 20 heavy (non-hydrogen) atoms. The Hall–Kier alpha value is -2.04. The summed E-state index contributed by atoms with van der Waals surface area (Å²) < 4.78 is 22.8. The van der Waals surface area contributed by atoms with E-state index in [9.17, 15) is 9.18 Å². The molecule has 1 aromatic rings. The lowest BCUT2D eigenvalue weighted by Gasteiger charge is -2.08. The van der Waals surface area contributed by atoms with Gasteiger partial charge in [-0.15, -0.1) is 0 Å². The summed E-state index contributed by atoms with van der Waals surface area (Å²) in [5, 5.41) is 3.10. The molecule has 5 heteroatoms. The van der Waals surface area contributed by atoms with Crippen LogP contribution in [0, 0.1) is 5.82 Å². The van der Waals surface area contributed by atoms with Crippen LogP contribution in [-0.2, 0) is 9.53 Å². The van der Waals surface area contributed by atoms with E-state index in [0.29, 0.717) is 12.4 Å². The molecule has 0 saturated carbocycles. The number of methoxy groups -OCH3 is 1. The van der Waals surface area contributed by atoms with Crippen molar-refractivity contribution in [3.8, 4) is 5.75 Å². The van der Waals surface area contributed by atoms with Crippen molar-refractivity contribution in [3.05, 3.63) is 41.9 Å². The number of carbonyl (C=O) groups is 1. The zero-order valence-electron chi connectivity index (χ0n) is 11.8. The quantitative estimate of drug-likeness (QED) is 0.452. The maximum atomic E-state index is 12.9. The number of carbonyl (C=O) groups excluding carboxylic acids is 1. The lowest BCUT2D eigenvalue weighted by molar-refractivity contribution is -0.134. The van der Waals surface area contributed by atoms with Gasteiger partial charge in [-0.1, -0.05) is 6.07 Å². The number of allylic oxidation sites excluding steroid dienone is 1. The van der Waals surface area contributed by atoms with E-state index in [-0.39, 0.29) is 11.8 Å². The van der Waals surface area contributed by atoms with Crippen LogP contribution in [0.15, 0.2) is 36.0 Å². The first-order valence-corrected chi connectivity index (χ1v) is 6.50. The minimum atomic E-state index is -0.371. The van der Waals surface area contributed by atoms with E-state index < -0.39 is 0 Å². The number of ether oxygens (including phenoxy) is 2. The standard InChI is InChI=1S/C15H20FNO3/c1-12(10-15(18)19-2)17-8-3-4-9-20-14-7-5-6-13(16)11-14/h5-7,10-11,17H,3-4,8-9H2,1-2H3/b12-10-. The third-order valence-corrected chi connectivity index (χ3v) is 2.58. The fourth-order valence-electron chi connectivity index (χ4n) is 1.55. The highest BCUT2D eigenvalue weighted by molar-refractivity contribution is 5.82. The number of nitrogens with one attached hydrogen (secondary N) is 1. The largest absolute Gasteiger partial charge is 0.493 e. The van der Waals surface area contributed by atoms with Crippen molar-refractivity contribution in [2.24, 2.45) is 0 Å². The van der Waals surface area contributed by atoms with Crippen LogP contribution in [0.1, 0.15) is 19.8 Å². The summed E-state index contributed by atoms with van der Waals surface area (Å²) in [7, 11) is 1.34. The second-order valence-electron chi connectivity index (χ2n) is 4.29. The van der Waals surface area contributed by atoms with Gasteiger partial charge in [0.05, 0.1) is 13.7 Å². The lowest BCUT2D eigenvalue weighted by Crippen LogP contribution is -2.15. The summed E-state index contributed by atoms with van der Waals surface area (Å²) in [5.74, 6) is -0.128. The van der Waals surface area contributed by atoms with Gasteiger partial charge in [-0.25, -0.2) is 9.18 Å². The molecule has 0 saturated heterocycles. The van der Waals surface area contributed by atoms with Crippen molar-refractivity contribution in [1.29, 1.82) is 0 Å². The second kappa shape index (κ2) is 8.96. The summed E-state index contributed by atoms with van der Waals surface area (Å²) in [4.78, 5) is 11.0. The Morgan fingerprint density at radius 3 is 2.90 bits per heavy atom. The molecule has 0 aliphatic heterocycles. The Balaban J connectivity index is 2.11. The Morgan fingerprint density at radius 2 is 2.20 bits per heavy atom. The second-order valence-corrected chi connectivity index (χ2v) is 4.29. The van der Waals surface area contributed by atoms with Gasteiger partial charge in [0.2, 0.25) is 0 Å². The highest BCUT2D eigenvalue weighted by Crippen LogP contribution is 2.12. The van der Waals surface area contributed by atoms with Crippen LogP contribution in [0.5, 0.6) is 5.75 Å². The van der Waals surface area contributed by atoms with E-state index in [1.165, 1.54) is 25.3 Å². The summed E-state index contributed by atoms with van der Waals surface area (Å²) in [6, 6.07) is 6.09. The molecule has 0 fully saturated rings. The normalized spacial score (nSPS) is 11.1. The van der Waals surface area contributed by atoms with Crippen molar-refractivity contribution in [2.45, 2.75) is 19.8 Å². The van der Waals surface area contributed by atoms with Crippen molar-refractivity contribution in [2.75, 3.05) is 20.3 Å². The lowest BCUT2D eigenvalue weighted by atomic mass is 10.3. The van der Waals surface area contributed by atoms with E-state index in [0.717, 1.165) is 25.1 Å². The van der Waals surface area contributed by atoms with E-state index in [1.54, 1.807) is 19.1 Å². The van der Waals surface area contributed by atoms with E-state index in [1.807, 2.05) is 0 Å². The smallest absolute Gasteiger partial charge is 0.332 e. The molecule has 0 atom stereocenters. The van der Waals surface area contributed by atoms with Crippen LogP contribution in [0.4, 0.5) is 4.39 Å². The van der Waals surface area contributed by atoms with Crippen molar-refractivity contribution < 1.29 is 18.7 Å². The molecule has 0 aliphatic rings. The minimum absolute atomic E-state index is 0.298. The van der Waals surface area contributed by atoms with E-state index in [4.69, 9.17) is 4.74 Å². The van der Waals surface area contributed by atoms with Crippen molar-refractivity contribution in [3.63, 3.8) is 0 Å². The fourth-order valence-corrected chi connectivity index (χ4v) is 1.55. The number of unbranched alkanes of at least 4 members (excludes halogenated alkanes) is 1. The van der Waals surface area contributed by atoms with Crippen molar-refractivity contribution >= 4 is 5.97 Å². The topological polar surface area (TPSA) is 47.6 Å². The first-order valence-electron chi connectivity index (χ1n) is 6.50. The Bertz CT molecular complexity index is 460. The SMILES string of the molecule is COC(=O)/C=C(/C)NCCCCOc1cccc(F)c1. The highest BCUT2D eigenvalue weighted by atomic mass is 19.1. The highest BCUT2D eigenvalue weighted by Gasteiger charge is 1.97. The first-order chi connectivity index (χ1) is 9.61. The molecule has 0 bridgehead atoms. The molecule has 1 rings (SSSR count). The molecule has 0 aromatic heterocycles. The zero-order valence-corrected chi connectivity index (χ0v) is 11.8. The van der Waals surface area contributed by atoms with E-state index in [2.05, 4.69) is 10.1 Å². The zero-order chi connectivity index (χ0) is 14.8. The van der Waals surface area contributed by atoms with Gasteiger partial charge >= 0.3 is 5.97 Å². The number of esters is 1. The van der Waals surface area contributed by atoms with E-state index >= 15 is 0 Å². The van der Waals surface area contributed by atoms with Crippen LogP contribution >= 0.6 is 0 Å². The summed E-state index contributed by atoms with van der Waals surface area (Å²) in [6.45, 7) is 3.08. The Kier molecular flexibility index (Phi) is 7.17. The Labute approximate surface area is 118 Å². The van der Waals surface area contributed by atoms with Gasteiger partial charge in [0, 0.05) is 24.4 Å². The maximum Gasteiger partial charge on any atom is 0.332 e. The van der Waals surface area contributed by atoms with Gasteiger partial charge in [-0.2, -0.15) is 0 Å². The van der Waals surface area contributed by atoms with Crippen LogP contribution < -0.4 is 10.1 Å². The van der Waals surface area contributed by atoms with Crippen molar-refractivity contribution in [1.82, 2.24) is 5.32 Å². The molecule has 0 spiro atoms. The average Bonchev–Trinajstić information content (AvgIpc) is 2.42. The summed E-state index contributed by atoms with van der Waals surface area (Å²) in [6.07, 6.45) is 3.14. The Morgan fingerprint density at radius 1 is 1.40 bits per heavy atom. The molecule has 1 aromatic carbocycles.